The first-order valence-corrected chi connectivity index (χ1v) is 7.07. The summed E-state index contributed by atoms with van der Waals surface area (Å²) in [4.78, 5) is 23.6. The Labute approximate surface area is 128 Å². The van der Waals surface area contributed by atoms with Crippen LogP contribution in [-0.2, 0) is 14.3 Å². The van der Waals surface area contributed by atoms with Gasteiger partial charge in [0, 0.05) is 24.9 Å². The highest BCUT2D eigenvalue weighted by Crippen LogP contribution is 2.29. The van der Waals surface area contributed by atoms with Gasteiger partial charge in [-0.1, -0.05) is 0 Å². The highest BCUT2D eigenvalue weighted by Gasteiger charge is 2.19. The number of carbonyl (C=O) groups is 2. The summed E-state index contributed by atoms with van der Waals surface area (Å²) in [5, 5.41) is 5.08. The second kappa shape index (κ2) is 7.65. The average molecular weight is 308 g/mol. The lowest BCUT2D eigenvalue weighted by Crippen LogP contribution is -2.39. The molecule has 22 heavy (non-hydrogen) atoms. The lowest BCUT2D eigenvalue weighted by atomic mass is 10.2. The van der Waals surface area contributed by atoms with Gasteiger partial charge < -0.3 is 24.8 Å². The van der Waals surface area contributed by atoms with E-state index in [-0.39, 0.29) is 6.10 Å². The highest BCUT2D eigenvalue weighted by molar-refractivity contribution is 6.39. The third-order valence-electron chi connectivity index (χ3n) is 3.36. The normalized spacial score (nSPS) is 16.9. The van der Waals surface area contributed by atoms with Gasteiger partial charge in [-0.2, -0.15) is 0 Å². The molecule has 0 aliphatic carbocycles. The van der Waals surface area contributed by atoms with Crippen LogP contribution in [0.3, 0.4) is 0 Å². The third kappa shape index (κ3) is 4.11. The minimum Gasteiger partial charge on any atom is -0.493 e. The number of rotatable bonds is 5. The Balaban J connectivity index is 1.88. The fourth-order valence-electron chi connectivity index (χ4n) is 2.19. The summed E-state index contributed by atoms with van der Waals surface area (Å²) in [7, 11) is 3.02. The van der Waals surface area contributed by atoms with E-state index in [1.807, 2.05) is 0 Å². The number of nitrogens with one attached hydrogen (secondary N) is 2. The Bertz CT molecular complexity index is 541. The molecule has 1 heterocycles. The number of hydrogen-bond donors (Lipinski definition) is 2. The van der Waals surface area contributed by atoms with Crippen molar-refractivity contribution >= 4 is 17.5 Å². The molecule has 0 spiro atoms. The number of amides is 2. The smallest absolute Gasteiger partial charge is 0.313 e. The van der Waals surface area contributed by atoms with Gasteiger partial charge in [0.25, 0.3) is 0 Å². The molecule has 0 bridgehead atoms. The zero-order valence-electron chi connectivity index (χ0n) is 12.7. The molecule has 2 N–H and O–H groups in total. The van der Waals surface area contributed by atoms with E-state index in [1.54, 1.807) is 18.2 Å². The summed E-state index contributed by atoms with van der Waals surface area (Å²) in [6, 6.07) is 4.87. The van der Waals surface area contributed by atoms with Crippen molar-refractivity contribution in [1.29, 1.82) is 0 Å². The van der Waals surface area contributed by atoms with Crippen LogP contribution < -0.4 is 20.1 Å². The Morgan fingerprint density at radius 2 is 2.00 bits per heavy atom. The van der Waals surface area contributed by atoms with E-state index in [9.17, 15) is 9.59 Å². The van der Waals surface area contributed by atoms with Crippen molar-refractivity contribution < 1.29 is 23.8 Å². The van der Waals surface area contributed by atoms with Crippen molar-refractivity contribution in [2.75, 3.05) is 32.7 Å². The number of carbonyl (C=O) groups excluding carboxylic acids is 2. The van der Waals surface area contributed by atoms with Crippen molar-refractivity contribution in [3.05, 3.63) is 18.2 Å². The maximum absolute atomic E-state index is 11.8. The van der Waals surface area contributed by atoms with Crippen LogP contribution in [0.25, 0.3) is 0 Å². The number of hydrogen-bond acceptors (Lipinski definition) is 5. The van der Waals surface area contributed by atoms with Crippen LogP contribution in [0.2, 0.25) is 0 Å². The maximum atomic E-state index is 11.8. The first-order chi connectivity index (χ1) is 10.6. The molecule has 1 aliphatic heterocycles. The summed E-state index contributed by atoms with van der Waals surface area (Å²) in [5.41, 5.74) is 0.454. The van der Waals surface area contributed by atoms with E-state index in [0.717, 1.165) is 12.8 Å². The molecule has 0 aromatic heterocycles. The average Bonchev–Trinajstić information content (AvgIpc) is 3.05. The molecule has 1 aromatic carbocycles. The van der Waals surface area contributed by atoms with Gasteiger partial charge in [-0.3, -0.25) is 9.59 Å². The molecule has 1 saturated heterocycles. The molecule has 1 aliphatic rings. The van der Waals surface area contributed by atoms with Gasteiger partial charge in [0.2, 0.25) is 0 Å². The van der Waals surface area contributed by atoms with Gasteiger partial charge in [-0.15, -0.1) is 0 Å². The number of ether oxygens (including phenoxy) is 3. The molecule has 7 nitrogen and oxygen atoms in total. The fourth-order valence-corrected chi connectivity index (χ4v) is 2.19. The molecule has 1 atom stereocenters. The topological polar surface area (TPSA) is 85.9 Å². The predicted molar refractivity (Wildman–Crippen MR) is 80.2 cm³/mol. The summed E-state index contributed by atoms with van der Waals surface area (Å²) in [6.45, 7) is 1.05. The lowest BCUT2D eigenvalue weighted by molar-refractivity contribution is -0.136. The van der Waals surface area contributed by atoms with Crippen LogP contribution in [-0.4, -0.2) is 45.3 Å². The van der Waals surface area contributed by atoms with Gasteiger partial charge in [-0.25, -0.2) is 0 Å². The first kappa shape index (κ1) is 16.1. The van der Waals surface area contributed by atoms with Crippen LogP contribution >= 0.6 is 0 Å². The molecular weight excluding hydrogens is 288 g/mol. The zero-order chi connectivity index (χ0) is 15.9. The van der Waals surface area contributed by atoms with Crippen LogP contribution in [0.4, 0.5) is 5.69 Å². The molecular formula is C15H20N2O5. The van der Waals surface area contributed by atoms with Gasteiger partial charge in [0.15, 0.2) is 11.5 Å². The molecule has 7 heteroatoms. The van der Waals surface area contributed by atoms with Crippen molar-refractivity contribution in [3.8, 4) is 11.5 Å². The van der Waals surface area contributed by atoms with E-state index in [0.29, 0.717) is 30.3 Å². The second-order valence-electron chi connectivity index (χ2n) is 4.87. The molecule has 1 aromatic rings. The number of anilines is 1. The van der Waals surface area contributed by atoms with E-state index in [4.69, 9.17) is 14.2 Å². The van der Waals surface area contributed by atoms with E-state index in [1.165, 1.54) is 14.2 Å². The molecule has 2 amide bonds. The Morgan fingerprint density at radius 1 is 1.23 bits per heavy atom. The van der Waals surface area contributed by atoms with Gasteiger partial charge in [0.05, 0.1) is 20.3 Å². The van der Waals surface area contributed by atoms with E-state index < -0.39 is 11.8 Å². The largest absolute Gasteiger partial charge is 0.493 e. The van der Waals surface area contributed by atoms with Crippen molar-refractivity contribution in [3.63, 3.8) is 0 Å². The minimum atomic E-state index is -0.731. The summed E-state index contributed by atoms with van der Waals surface area (Å²) < 4.78 is 15.6. The number of methoxy groups -OCH3 is 2. The van der Waals surface area contributed by atoms with Crippen LogP contribution in [0.5, 0.6) is 11.5 Å². The standard InChI is InChI=1S/C15H20N2O5/c1-20-12-6-5-10(8-13(12)21-2)17-15(19)14(18)16-9-11-4-3-7-22-11/h5-6,8,11H,3-4,7,9H2,1-2H3,(H,16,18)(H,17,19)/t11-/m1/s1. The van der Waals surface area contributed by atoms with Crippen molar-refractivity contribution in [1.82, 2.24) is 5.32 Å². The van der Waals surface area contributed by atoms with Gasteiger partial charge >= 0.3 is 11.8 Å². The monoisotopic (exact) mass is 308 g/mol. The molecule has 2 rings (SSSR count). The van der Waals surface area contributed by atoms with Crippen LogP contribution in [0.1, 0.15) is 12.8 Å². The predicted octanol–water partition coefficient (Wildman–Crippen LogP) is 0.937. The number of benzene rings is 1. The van der Waals surface area contributed by atoms with Crippen LogP contribution in [0.15, 0.2) is 18.2 Å². The van der Waals surface area contributed by atoms with Gasteiger partial charge in [-0.05, 0) is 25.0 Å². The maximum Gasteiger partial charge on any atom is 0.313 e. The van der Waals surface area contributed by atoms with E-state index >= 15 is 0 Å². The third-order valence-corrected chi connectivity index (χ3v) is 3.36. The van der Waals surface area contributed by atoms with Crippen molar-refractivity contribution in [2.24, 2.45) is 0 Å². The molecule has 1 fully saturated rings. The molecule has 0 radical (unpaired) electrons. The lowest BCUT2D eigenvalue weighted by Gasteiger charge is -2.12. The Morgan fingerprint density at radius 3 is 2.64 bits per heavy atom. The summed E-state index contributed by atoms with van der Waals surface area (Å²) in [6.07, 6.45) is 1.88. The fraction of sp³-hybridized carbons (Fsp3) is 0.467. The van der Waals surface area contributed by atoms with Crippen molar-refractivity contribution in [2.45, 2.75) is 18.9 Å². The molecule has 120 valence electrons. The zero-order valence-corrected chi connectivity index (χ0v) is 12.7. The van der Waals surface area contributed by atoms with Gasteiger partial charge in [0.1, 0.15) is 0 Å². The Kier molecular flexibility index (Phi) is 5.60. The summed E-state index contributed by atoms with van der Waals surface area (Å²) in [5.74, 6) is -0.404. The highest BCUT2D eigenvalue weighted by atomic mass is 16.5. The Hall–Kier alpha value is -2.28. The van der Waals surface area contributed by atoms with Crippen LogP contribution in [0, 0.1) is 0 Å². The minimum absolute atomic E-state index is 0.00201. The second-order valence-corrected chi connectivity index (χ2v) is 4.87. The molecule has 0 unspecified atom stereocenters. The van der Waals surface area contributed by atoms with E-state index in [2.05, 4.69) is 10.6 Å². The quantitative estimate of drug-likeness (QED) is 0.791. The summed E-state index contributed by atoms with van der Waals surface area (Å²) >= 11 is 0. The molecule has 0 saturated carbocycles. The first-order valence-electron chi connectivity index (χ1n) is 7.07. The SMILES string of the molecule is COc1ccc(NC(=O)C(=O)NC[C@H]2CCCO2)cc1OC.